The average Bonchev–Trinajstić information content (AvgIpc) is 3.27. The molecule has 164 valence electrons. The van der Waals surface area contributed by atoms with Crippen molar-refractivity contribution in [2.45, 2.75) is 19.6 Å². The van der Waals surface area contributed by atoms with Gasteiger partial charge in [-0.15, -0.1) is 0 Å². The van der Waals surface area contributed by atoms with Crippen LogP contribution in [0.2, 0.25) is 0 Å². The van der Waals surface area contributed by atoms with Crippen LogP contribution >= 0.6 is 12.2 Å². The van der Waals surface area contributed by atoms with Crippen molar-refractivity contribution in [2.24, 2.45) is 0 Å². The lowest BCUT2D eigenvalue weighted by Crippen LogP contribution is -2.29. The highest BCUT2D eigenvalue weighted by Crippen LogP contribution is 2.31. The molecule has 2 aliphatic heterocycles. The van der Waals surface area contributed by atoms with Crippen molar-refractivity contribution in [3.05, 3.63) is 65.2 Å². The molecule has 32 heavy (non-hydrogen) atoms. The fourth-order valence-electron chi connectivity index (χ4n) is 3.76. The van der Waals surface area contributed by atoms with Gasteiger partial charge in [-0.3, -0.25) is 0 Å². The minimum absolute atomic E-state index is 0.384. The van der Waals surface area contributed by atoms with Gasteiger partial charge >= 0.3 is 0 Å². The van der Waals surface area contributed by atoms with Crippen LogP contribution in [-0.2, 0) is 19.6 Å². The van der Waals surface area contributed by atoms with Crippen LogP contribution in [0.15, 0.2) is 48.5 Å². The summed E-state index contributed by atoms with van der Waals surface area (Å²) in [4.78, 5) is 11.2. The molecular formula is C23H23N5O3S. The van der Waals surface area contributed by atoms with Crippen molar-refractivity contribution in [2.75, 3.05) is 30.5 Å². The first-order valence-corrected chi connectivity index (χ1v) is 10.8. The van der Waals surface area contributed by atoms with Crippen LogP contribution in [-0.4, -0.2) is 35.4 Å². The van der Waals surface area contributed by atoms with E-state index >= 15 is 0 Å². The van der Waals surface area contributed by atoms with E-state index in [1.807, 2.05) is 24.3 Å². The van der Waals surface area contributed by atoms with Crippen molar-refractivity contribution in [3.8, 4) is 17.4 Å². The number of hydrogen-bond acceptors (Lipinski definition) is 7. The highest BCUT2D eigenvalue weighted by atomic mass is 32.1. The smallest absolute Gasteiger partial charge is 0.234 e. The van der Waals surface area contributed by atoms with Gasteiger partial charge in [0.1, 0.15) is 19.0 Å². The van der Waals surface area contributed by atoms with Gasteiger partial charge < -0.3 is 29.7 Å². The minimum Gasteiger partial charge on any atom is -0.486 e. The molecule has 0 spiro atoms. The van der Waals surface area contributed by atoms with E-state index in [0.29, 0.717) is 36.7 Å². The summed E-state index contributed by atoms with van der Waals surface area (Å²) < 4.78 is 16.6. The fraction of sp³-hybridized carbons (Fsp3) is 0.261. The van der Waals surface area contributed by atoms with E-state index in [1.54, 1.807) is 7.11 Å². The molecule has 0 radical (unpaired) electrons. The summed E-state index contributed by atoms with van der Waals surface area (Å²) in [6.45, 7) is 3.25. The zero-order chi connectivity index (χ0) is 21.9. The zero-order valence-corrected chi connectivity index (χ0v) is 18.4. The standard InChI is InChI=1S/C23H23N5O3S/c1-29-21-11-20(28-13-16-4-2-3-5-17(16)14-28)25-22(26-21)27-23(32)24-12-15-6-7-18-19(10-15)31-9-8-30-18/h2-7,10-11H,8-9,12-14H2,1H3,(H2,24,25,26,27,32). The summed E-state index contributed by atoms with van der Waals surface area (Å²) in [6.07, 6.45) is 0. The number of fused-ring (bicyclic) bond motifs is 2. The maximum Gasteiger partial charge on any atom is 0.234 e. The van der Waals surface area contributed by atoms with Crippen molar-refractivity contribution >= 4 is 29.1 Å². The van der Waals surface area contributed by atoms with Crippen LogP contribution in [0.1, 0.15) is 16.7 Å². The summed E-state index contributed by atoms with van der Waals surface area (Å²) in [5.74, 6) is 3.16. The number of aromatic nitrogens is 2. The molecule has 0 atom stereocenters. The minimum atomic E-state index is 0.384. The Morgan fingerprint density at radius 2 is 1.78 bits per heavy atom. The van der Waals surface area contributed by atoms with Crippen LogP contribution < -0.4 is 29.7 Å². The number of rotatable bonds is 5. The van der Waals surface area contributed by atoms with Crippen molar-refractivity contribution in [1.82, 2.24) is 15.3 Å². The average molecular weight is 450 g/mol. The van der Waals surface area contributed by atoms with Crippen molar-refractivity contribution in [1.29, 1.82) is 0 Å². The fourth-order valence-corrected chi connectivity index (χ4v) is 3.92. The maximum absolute atomic E-state index is 5.64. The van der Waals surface area contributed by atoms with Gasteiger partial charge in [-0.1, -0.05) is 30.3 Å². The number of hydrogen-bond donors (Lipinski definition) is 2. The van der Waals surface area contributed by atoms with E-state index in [9.17, 15) is 0 Å². The molecule has 9 heteroatoms. The Morgan fingerprint density at radius 3 is 2.53 bits per heavy atom. The second kappa shape index (κ2) is 8.88. The molecule has 0 saturated heterocycles. The van der Waals surface area contributed by atoms with E-state index in [1.165, 1.54) is 11.1 Å². The van der Waals surface area contributed by atoms with Gasteiger partial charge in [0.2, 0.25) is 11.8 Å². The van der Waals surface area contributed by atoms with E-state index in [2.05, 4.69) is 49.8 Å². The lowest BCUT2D eigenvalue weighted by Gasteiger charge is -2.19. The van der Waals surface area contributed by atoms with Crippen LogP contribution in [0, 0.1) is 0 Å². The van der Waals surface area contributed by atoms with E-state index in [0.717, 1.165) is 36.0 Å². The lowest BCUT2D eigenvalue weighted by atomic mass is 10.1. The van der Waals surface area contributed by atoms with Gasteiger partial charge in [0.25, 0.3) is 0 Å². The number of nitrogens with zero attached hydrogens (tertiary/aromatic N) is 3. The Kier molecular flexibility index (Phi) is 5.64. The molecule has 8 nitrogen and oxygen atoms in total. The van der Waals surface area contributed by atoms with Gasteiger partial charge in [-0.05, 0) is 41.0 Å². The number of ether oxygens (including phenoxy) is 3. The molecule has 0 fully saturated rings. The van der Waals surface area contributed by atoms with E-state index in [4.69, 9.17) is 26.4 Å². The normalized spacial score (nSPS) is 14.0. The first-order valence-electron chi connectivity index (χ1n) is 10.4. The Hall–Kier alpha value is -3.59. The lowest BCUT2D eigenvalue weighted by molar-refractivity contribution is 0.171. The molecule has 1 aromatic heterocycles. The Morgan fingerprint density at radius 1 is 1.03 bits per heavy atom. The predicted octanol–water partition coefficient (Wildman–Crippen LogP) is 3.26. The molecule has 5 rings (SSSR count). The zero-order valence-electron chi connectivity index (χ0n) is 17.6. The quantitative estimate of drug-likeness (QED) is 0.571. The Balaban J connectivity index is 1.25. The third-order valence-electron chi connectivity index (χ3n) is 5.35. The first-order chi connectivity index (χ1) is 15.7. The largest absolute Gasteiger partial charge is 0.486 e. The molecule has 2 N–H and O–H groups in total. The second-order valence-corrected chi connectivity index (χ2v) is 7.91. The number of nitrogens with one attached hydrogen (secondary N) is 2. The molecule has 0 bridgehead atoms. The highest BCUT2D eigenvalue weighted by Gasteiger charge is 2.21. The summed E-state index contributed by atoms with van der Waals surface area (Å²) in [6, 6.07) is 16.1. The first kappa shape index (κ1) is 20.3. The van der Waals surface area contributed by atoms with E-state index in [-0.39, 0.29) is 0 Å². The Bertz CT molecular complexity index is 1130. The molecule has 0 amide bonds. The topological polar surface area (TPSA) is 80.8 Å². The number of methoxy groups -OCH3 is 1. The van der Waals surface area contributed by atoms with Gasteiger partial charge in [-0.25, -0.2) is 0 Å². The summed E-state index contributed by atoms with van der Waals surface area (Å²) in [5.41, 5.74) is 3.63. The molecule has 2 aliphatic rings. The number of thiocarbonyl (C=S) groups is 1. The van der Waals surface area contributed by atoms with Crippen molar-refractivity contribution < 1.29 is 14.2 Å². The molecule has 2 aromatic carbocycles. The molecule has 3 aromatic rings. The molecule has 3 heterocycles. The van der Waals surface area contributed by atoms with Crippen molar-refractivity contribution in [3.63, 3.8) is 0 Å². The number of anilines is 2. The summed E-state index contributed by atoms with van der Waals surface area (Å²) >= 11 is 5.46. The van der Waals surface area contributed by atoms with Gasteiger partial charge in [0, 0.05) is 25.7 Å². The molecular weight excluding hydrogens is 426 g/mol. The summed E-state index contributed by atoms with van der Waals surface area (Å²) in [7, 11) is 1.59. The molecule has 0 unspecified atom stereocenters. The third-order valence-corrected chi connectivity index (χ3v) is 5.59. The van der Waals surface area contributed by atoms with Crippen LogP contribution in [0.4, 0.5) is 11.8 Å². The SMILES string of the molecule is COc1cc(N2Cc3ccccc3C2)nc(NC(=S)NCc2ccc3c(c2)OCCO3)n1. The maximum atomic E-state index is 5.64. The molecule has 0 aliphatic carbocycles. The van der Waals surface area contributed by atoms with E-state index < -0.39 is 0 Å². The van der Waals surface area contributed by atoms with Crippen LogP contribution in [0.5, 0.6) is 17.4 Å². The monoisotopic (exact) mass is 449 g/mol. The third kappa shape index (κ3) is 4.38. The van der Waals surface area contributed by atoms with Crippen LogP contribution in [0.3, 0.4) is 0 Å². The Labute approximate surface area is 191 Å². The number of benzene rings is 2. The summed E-state index contributed by atoms with van der Waals surface area (Å²) in [5, 5.41) is 6.67. The van der Waals surface area contributed by atoms with Gasteiger partial charge in [-0.2, -0.15) is 9.97 Å². The highest BCUT2D eigenvalue weighted by molar-refractivity contribution is 7.80. The van der Waals surface area contributed by atoms with Gasteiger partial charge in [0.05, 0.1) is 7.11 Å². The molecule has 0 saturated carbocycles. The second-order valence-electron chi connectivity index (χ2n) is 7.50. The van der Waals surface area contributed by atoms with Crippen LogP contribution in [0.25, 0.3) is 0 Å². The predicted molar refractivity (Wildman–Crippen MR) is 125 cm³/mol. The van der Waals surface area contributed by atoms with Gasteiger partial charge in [0.15, 0.2) is 16.6 Å².